The summed E-state index contributed by atoms with van der Waals surface area (Å²) < 4.78 is 13.7. The smallest absolute Gasteiger partial charge is 0.131 e. The fourth-order valence-corrected chi connectivity index (χ4v) is 2.02. The number of hydrogen-bond acceptors (Lipinski definition) is 1. The first-order chi connectivity index (χ1) is 8.58. The third kappa shape index (κ3) is 3.56. The lowest BCUT2D eigenvalue weighted by Crippen LogP contribution is -2.21. The SMILES string of the molecule is CC(C)C(=Cc1c(F)cccc1Cl)CNC1CC1. The van der Waals surface area contributed by atoms with Gasteiger partial charge in [0.05, 0.1) is 5.02 Å². The van der Waals surface area contributed by atoms with Gasteiger partial charge in [-0.2, -0.15) is 0 Å². The Hall–Kier alpha value is -0.860. The van der Waals surface area contributed by atoms with Crippen molar-refractivity contribution in [2.45, 2.75) is 32.7 Å². The van der Waals surface area contributed by atoms with Crippen molar-refractivity contribution in [2.24, 2.45) is 5.92 Å². The van der Waals surface area contributed by atoms with Gasteiger partial charge < -0.3 is 5.32 Å². The molecule has 1 fully saturated rings. The Morgan fingerprint density at radius 3 is 2.78 bits per heavy atom. The van der Waals surface area contributed by atoms with Gasteiger partial charge >= 0.3 is 0 Å². The van der Waals surface area contributed by atoms with Crippen LogP contribution in [0.15, 0.2) is 23.8 Å². The largest absolute Gasteiger partial charge is 0.310 e. The fraction of sp³-hybridized carbons (Fsp3) is 0.467. The summed E-state index contributed by atoms with van der Waals surface area (Å²) in [7, 11) is 0. The standard InChI is InChI=1S/C15H19ClFN/c1-10(2)11(9-18-12-6-7-12)8-13-14(16)4-3-5-15(13)17/h3-5,8,10,12,18H,6-7,9H2,1-2H3. The van der Waals surface area contributed by atoms with E-state index in [-0.39, 0.29) is 5.82 Å². The van der Waals surface area contributed by atoms with Crippen molar-refractivity contribution in [1.82, 2.24) is 5.32 Å². The minimum Gasteiger partial charge on any atom is -0.310 e. The van der Waals surface area contributed by atoms with Crippen LogP contribution in [0.3, 0.4) is 0 Å². The molecule has 1 nitrogen and oxygen atoms in total. The van der Waals surface area contributed by atoms with Crippen LogP contribution in [0.1, 0.15) is 32.3 Å². The highest BCUT2D eigenvalue weighted by molar-refractivity contribution is 6.32. The van der Waals surface area contributed by atoms with Gasteiger partial charge in [0, 0.05) is 18.2 Å². The molecule has 1 aliphatic rings. The van der Waals surface area contributed by atoms with E-state index in [0.29, 0.717) is 22.5 Å². The van der Waals surface area contributed by atoms with Crippen LogP contribution in [0.5, 0.6) is 0 Å². The molecule has 1 N–H and O–H groups in total. The summed E-state index contributed by atoms with van der Waals surface area (Å²) in [5, 5.41) is 3.94. The summed E-state index contributed by atoms with van der Waals surface area (Å²) in [6.45, 7) is 5.05. The van der Waals surface area contributed by atoms with E-state index in [1.54, 1.807) is 12.1 Å². The van der Waals surface area contributed by atoms with Gasteiger partial charge in [-0.25, -0.2) is 4.39 Å². The second kappa shape index (κ2) is 5.85. The summed E-state index contributed by atoms with van der Waals surface area (Å²) in [6, 6.07) is 5.46. The molecule has 1 saturated carbocycles. The number of nitrogens with one attached hydrogen (secondary N) is 1. The summed E-state index contributed by atoms with van der Waals surface area (Å²) in [5.41, 5.74) is 1.69. The van der Waals surface area contributed by atoms with E-state index in [2.05, 4.69) is 19.2 Å². The van der Waals surface area contributed by atoms with Gasteiger partial charge in [-0.1, -0.05) is 37.1 Å². The highest BCUT2D eigenvalue weighted by Crippen LogP contribution is 2.25. The number of rotatable bonds is 5. The van der Waals surface area contributed by atoms with Gasteiger partial charge in [0.1, 0.15) is 5.82 Å². The van der Waals surface area contributed by atoms with Crippen LogP contribution in [0.4, 0.5) is 4.39 Å². The average molecular weight is 268 g/mol. The normalized spacial score (nSPS) is 16.4. The zero-order valence-electron chi connectivity index (χ0n) is 10.8. The molecular formula is C15H19ClFN. The molecule has 1 aromatic rings. The van der Waals surface area contributed by atoms with Crippen LogP contribution in [0, 0.1) is 11.7 Å². The molecule has 1 aromatic carbocycles. The first-order valence-corrected chi connectivity index (χ1v) is 6.83. The first-order valence-electron chi connectivity index (χ1n) is 6.45. The molecule has 0 amide bonds. The Bertz CT molecular complexity index is 430. The molecule has 0 heterocycles. The molecule has 3 heteroatoms. The molecule has 18 heavy (non-hydrogen) atoms. The van der Waals surface area contributed by atoms with Gasteiger partial charge in [-0.3, -0.25) is 0 Å². The molecular weight excluding hydrogens is 249 g/mol. The minimum atomic E-state index is -0.257. The zero-order valence-corrected chi connectivity index (χ0v) is 11.6. The maximum Gasteiger partial charge on any atom is 0.131 e. The average Bonchev–Trinajstić information content (AvgIpc) is 3.11. The second-order valence-corrected chi connectivity index (χ2v) is 5.57. The van der Waals surface area contributed by atoms with Crippen molar-refractivity contribution in [3.63, 3.8) is 0 Å². The maximum absolute atomic E-state index is 13.7. The Kier molecular flexibility index (Phi) is 4.41. The highest BCUT2D eigenvalue weighted by atomic mass is 35.5. The molecule has 98 valence electrons. The Balaban J connectivity index is 2.19. The van der Waals surface area contributed by atoms with E-state index in [0.717, 1.165) is 6.54 Å². The van der Waals surface area contributed by atoms with Gasteiger partial charge in [0.25, 0.3) is 0 Å². The third-order valence-electron chi connectivity index (χ3n) is 3.24. The molecule has 0 atom stereocenters. The first kappa shape index (κ1) is 13.6. The van der Waals surface area contributed by atoms with E-state index in [4.69, 9.17) is 11.6 Å². The lowest BCUT2D eigenvalue weighted by Gasteiger charge is -2.13. The topological polar surface area (TPSA) is 12.0 Å². The molecule has 2 rings (SSSR count). The quantitative estimate of drug-likeness (QED) is 0.840. The third-order valence-corrected chi connectivity index (χ3v) is 3.57. The van der Waals surface area contributed by atoms with Gasteiger partial charge in [0.2, 0.25) is 0 Å². The molecule has 0 aliphatic heterocycles. The molecule has 0 spiro atoms. The Morgan fingerprint density at radius 2 is 2.22 bits per heavy atom. The van der Waals surface area contributed by atoms with Crippen LogP contribution in [-0.2, 0) is 0 Å². The van der Waals surface area contributed by atoms with E-state index in [1.807, 2.05) is 6.08 Å². The van der Waals surface area contributed by atoms with Crippen LogP contribution < -0.4 is 5.32 Å². The van der Waals surface area contributed by atoms with Crippen molar-refractivity contribution in [3.8, 4) is 0 Å². The van der Waals surface area contributed by atoms with Gasteiger partial charge in [0.15, 0.2) is 0 Å². The summed E-state index contributed by atoms with van der Waals surface area (Å²) >= 11 is 6.05. The predicted octanol–water partition coefficient (Wildman–Crippen LogP) is 4.27. The summed E-state index contributed by atoms with van der Waals surface area (Å²) in [4.78, 5) is 0. The molecule has 0 aromatic heterocycles. The molecule has 0 bridgehead atoms. The van der Waals surface area contributed by atoms with E-state index in [1.165, 1.54) is 24.5 Å². The molecule has 0 radical (unpaired) electrons. The van der Waals surface area contributed by atoms with Crippen molar-refractivity contribution < 1.29 is 4.39 Å². The summed E-state index contributed by atoms with van der Waals surface area (Å²) in [6.07, 6.45) is 4.40. The Labute approximate surface area is 113 Å². The minimum absolute atomic E-state index is 0.257. The predicted molar refractivity (Wildman–Crippen MR) is 75.2 cm³/mol. The van der Waals surface area contributed by atoms with Crippen molar-refractivity contribution in [1.29, 1.82) is 0 Å². The molecule has 1 aliphatic carbocycles. The molecule has 0 saturated heterocycles. The fourth-order valence-electron chi connectivity index (χ4n) is 1.81. The lowest BCUT2D eigenvalue weighted by atomic mass is 10.00. The van der Waals surface area contributed by atoms with Crippen molar-refractivity contribution in [2.75, 3.05) is 6.54 Å². The van der Waals surface area contributed by atoms with Crippen LogP contribution in [0.2, 0.25) is 5.02 Å². The van der Waals surface area contributed by atoms with Crippen molar-refractivity contribution >= 4 is 17.7 Å². The van der Waals surface area contributed by atoms with Gasteiger partial charge in [-0.05, 0) is 37.0 Å². The lowest BCUT2D eigenvalue weighted by molar-refractivity contribution is 0.623. The second-order valence-electron chi connectivity index (χ2n) is 5.16. The molecule has 0 unspecified atom stereocenters. The monoisotopic (exact) mass is 267 g/mol. The van der Waals surface area contributed by atoms with E-state index >= 15 is 0 Å². The van der Waals surface area contributed by atoms with Crippen LogP contribution in [-0.4, -0.2) is 12.6 Å². The van der Waals surface area contributed by atoms with E-state index in [9.17, 15) is 4.39 Å². The maximum atomic E-state index is 13.7. The summed E-state index contributed by atoms with van der Waals surface area (Å²) in [5.74, 6) is 0.124. The Morgan fingerprint density at radius 1 is 1.50 bits per heavy atom. The van der Waals surface area contributed by atoms with E-state index < -0.39 is 0 Å². The highest BCUT2D eigenvalue weighted by Gasteiger charge is 2.21. The number of halogens is 2. The zero-order chi connectivity index (χ0) is 13.1. The number of benzene rings is 1. The van der Waals surface area contributed by atoms with Gasteiger partial charge in [-0.15, -0.1) is 0 Å². The van der Waals surface area contributed by atoms with Crippen LogP contribution in [0.25, 0.3) is 6.08 Å². The van der Waals surface area contributed by atoms with Crippen LogP contribution >= 0.6 is 11.6 Å². The number of hydrogen-bond donors (Lipinski definition) is 1. The van der Waals surface area contributed by atoms with Crippen molar-refractivity contribution in [3.05, 3.63) is 40.2 Å².